The Bertz CT molecular complexity index is 703. The molecule has 4 N–H and O–H groups in total. The number of phenols is 1. The summed E-state index contributed by atoms with van der Waals surface area (Å²) in [7, 11) is -3.45. The van der Waals surface area contributed by atoms with Gasteiger partial charge in [0, 0.05) is 36.1 Å². The Morgan fingerprint density at radius 1 is 1.24 bits per heavy atom. The molecule has 7 heteroatoms. The molecule has 0 fully saturated rings. The highest BCUT2D eigenvalue weighted by Crippen LogP contribution is 2.19. The Labute approximate surface area is 123 Å². The number of nitrogens with one attached hydrogen (secondary N) is 1. The number of hydrogen-bond acceptors (Lipinski definition) is 5. The molecule has 0 radical (unpaired) electrons. The van der Waals surface area contributed by atoms with Crippen LogP contribution in [0.15, 0.2) is 42.6 Å². The molecule has 21 heavy (non-hydrogen) atoms. The summed E-state index contributed by atoms with van der Waals surface area (Å²) in [4.78, 5) is 4.08. The van der Waals surface area contributed by atoms with Gasteiger partial charge in [-0.25, -0.2) is 13.1 Å². The Morgan fingerprint density at radius 2 is 2.05 bits per heavy atom. The number of sulfonamides is 1. The van der Waals surface area contributed by atoms with Crippen LogP contribution in [0.2, 0.25) is 0 Å². The van der Waals surface area contributed by atoms with Gasteiger partial charge in [-0.05, 0) is 30.3 Å². The number of phenolic OH excluding ortho intramolecular Hbond substituents is 1. The van der Waals surface area contributed by atoms with E-state index in [4.69, 9.17) is 5.73 Å². The Hall–Kier alpha value is -2.12. The van der Waals surface area contributed by atoms with Crippen molar-refractivity contribution in [1.29, 1.82) is 0 Å². The average molecular weight is 307 g/mol. The number of aromatic nitrogens is 1. The van der Waals surface area contributed by atoms with Crippen molar-refractivity contribution >= 4 is 15.7 Å². The molecule has 1 aromatic heterocycles. The Balaban J connectivity index is 1.93. The van der Waals surface area contributed by atoms with Crippen molar-refractivity contribution in [2.45, 2.75) is 13.0 Å². The van der Waals surface area contributed by atoms with Crippen LogP contribution in [0.4, 0.5) is 5.69 Å². The molecule has 0 amide bonds. The monoisotopic (exact) mass is 307 g/mol. The number of nitrogens with zero attached hydrogens (tertiary/aromatic N) is 1. The van der Waals surface area contributed by atoms with E-state index in [1.54, 1.807) is 24.4 Å². The van der Waals surface area contributed by atoms with Gasteiger partial charge in [-0.2, -0.15) is 0 Å². The van der Waals surface area contributed by atoms with Crippen LogP contribution < -0.4 is 10.5 Å². The van der Waals surface area contributed by atoms with Crippen LogP contribution in [-0.2, 0) is 23.0 Å². The molecular formula is C14H17N3O3S. The first-order valence-electron chi connectivity index (χ1n) is 6.41. The topological polar surface area (TPSA) is 105 Å². The van der Waals surface area contributed by atoms with Crippen molar-refractivity contribution in [2.24, 2.45) is 0 Å². The third-order valence-electron chi connectivity index (χ3n) is 2.94. The highest BCUT2D eigenvalue weighted by Gasteiger charge is 2.12. The van der Waals surface area contributed by atoms with Crippen molar-refractivity contribution < 1.29 is 13.5 Å². The fraction of sp³-hybridized carbons (Fsp3) is 0.214. The molecule has 1 aromatic carbocycles. The predicted octanol–water partition coefficient (Wildman–Crippen LogP) is 1.03. The second-order valence-corrected chi connectivity index (χ2v) is 6.53. The number of nitrogens with two attached hydrogens (primary N) is 1. The van der Waals surface area contributed by atoms with Gasteiger partial charge >= 0.3 is 0 Å². The molecule has 0 aliphatic heterocycles. The number of anilines is 1. The smallest absolute Gasteiger partial charge is 0.212 e. The maximum absolute atomic E-state index is 11.9. The zero-order valence-corrected chi connectivity index (χ0v) is 12.2. The van der Waals surface area contributed by atoms with E-state index in [1.165, 1.54) is 12.1 Å². The van der Waals surface area contributed by atoms with Crippen LogP contribution in [-0.4, -0.2) is 24.3 Å². The molecule has 0 unspecified atom stereocenters. The summed E-state index contributed by atoms with van der Waals surface area (Å²) in [5.41, 5.74) is 7.23. The predicted molar refractivity (Wildman–Crippen MR) is 81.1 cm³/mol. The lowest BCUT2D eigenvalue weighted by molar-refractivity contribution is 0.467. The third-order valence-corrected chi connectivity index (χ3v) is 4.26. The number of nitrogen functional groups attached to an aromatic ring is 1. The zero-order chi connectivity index (χ0) is 15.3. The van der Waals surface area contributed by atoms with Gasteiger partial charge in [0.15, 0.2) is 0 Å². The summed E-state index contributed by atoms with van der Waals surface area (Å²) in [6.07, 6.45) is 1.96. The molecule has 0 aliphatic carbocycles. The molecule has 0 spiro atoms. The van der Waals surface area contributed by atoms with Gasteiger partial charge in [-0.3, -0.25) is 4.98 Å². The van der Waals surface area contributed by atoms with Crippen molar-refractivity contribution in [2.75, 3.05) is 11.5 Å². The van der Waals surface area contributed by atoms with E-state index in [9.17, 15) is 13.5 Å². The van der Waals surface area contributed by atoms with E-state index in [1.807, 2.05) is 6.07 Å². The number of aryl methyl sites for hydroxylation is 1. The van der Waals surface area contributed by atoms with E-state index in [0.717, 1.165) is 5.69 Å². The van der Waals surface area contributed by atoms with Gasteiger partial charge in [0.05, 0.1) is 5.75 Å². The number of hydrogen-bond donors (Lipinski definition) is 3. The molecule has 0 saturated heterocycles. The Morgan fingerprint density at radius 3 is 2.76 bits per heavy atom. The highest BCUT2D eigenvalue weighted by molar-refractivity contribution is 7.89. The molecule has 2 rings (SSSR count). The summed E-state index contributed by atoms with van der Waals surface area (Å²) in [6.45, 7) is 0.00141. The van der Waals surface area contributed by atoms with Crippen molar-refractivity contribution in [3.8, 4) is 5.75 Å². The first-order valence-corrected chi connectivity index (χ1v) is 8.06. The number of rotatable bonds is 6. The average Bonchev–Trinajstić information content (AvgIpc) is 2.47. The molecule has 112 valence electrons. The van der Waals surface area contributed by atoms with E-state index < -0.39 is 10.0 Å². The SMILES string of the molecule is Nc1ccc(O)c(CNS(=O)(=O)CCc2ccccn2)c1. The van der Waals surface area contributed by atoms with Gasteiger partial charge in [0.2, 0.25) is 10.0 Å². The minimum Gasteiger partial charge on any atom is -0.508 e. The van der Waals surface area contributed by atoms with E-state index in [-0.39, 0.29) is 18.0 Å². The fourth-order valence-corrected chi connectivity index (χ4v) is 2.79. The fourth-order valence-electron chi connectivity index (χ4n) is 1.79. The summed E-state index contributed by atoms with van der Waals surface area (Å²) in [5.74, 6) is -0.0516. The summed E-state index contributed by atoms with van der Waals surface area (Å²) >= 11 is 0. The first-order chi connectivity index (χ1) is 9.96. The van der Waals surface area contributed by atoms with Gasteiger partial charge in [-0.1, -0.05) is 6.07 Å². The van der Waals surface area contributed by atoms with Gasteiger partial charge < -0.3 is 10.8 Å². The molecule has 0 bridgehead atoms. The number of pyridine rings is 1. The van der Waals surface area contributed by atoms with Gasteiger partial charge in [0.1, 0.15) is 5.75 Å². The maximum Gasteiger partial charge on any atom is 0.212 e. The third kappa shape index (κ3) is 4.73. The molecule has 0 saturated carbocycles. The second kappa shape index (κ2) is 6.55. The van der Waals surface area contributed by atoms with E-state index in [2.05, 4.69) is 9.71 Å². The zero-order valence-electron chi connectivity index (χ0n) is 11.4. The molecule has 6 nitrogen and oxygen atoms in total. The minimum atomic E-state index is -3.45. The standard InChI is InChI=1S/C14H17N3O3S/c15-12-4-5-14(18)11(9-12)10-17-21(19,20)8-6-13-3-1-2-7-16-13/h1-5,7,9,17-18H,6,8,10,15H2. The first kappa shape index (κ1) is 15.3. The van der Waals surface area contributed by atoms with Gasteiger partial charge in [-0.15, -0.1) is 0 Å². The lowest BCUT2D eigenvalue weighted by Crippen LogP contribution is -2.27. The maximum atomic E-state index is 11.9. The van der Waals surface area contributed by atoms with Crippen molar-refractivity contribution in [1.82, 2.24) is 9.71 Å². The molecule has 2 aromatic rings. The molecule has 0 atom stereocenters. The van der Waals surface area contributed by atoms with Crippen LogP contribution in [0.1, 0.15) is 11.3 Å². The largest absolute Gasteiger partial charge is 0.508 e. The van der Waals surface area contributed by atoms with Crippen molar-refractivity contribution in [3.63, 3.8) is 0 Å². The molecule has 0 aliphatic rings. The summed E-state index contributed by atoms with van der Waals surface area (Å²) < 4.78 is 26.3. The minimum absolute atomic E-state index is 0.00141. The van der Waals surface area contributed by atoms with Crippen LogP contribution in [0, 0.1) is 0 Å². The number of aromatic hydroxyl groups is 1. The van der Waals surface area contributed by atoms with Crippen LogP contribution in [0.3, 0.4) is 0 Å². The highest BCUT2D eigenvalue weighted by atomic mass is 32.2. The lowest BCUT2D eigenvalue weighted by Gasteiger charge is -2.08. The second-order valence-electron chi connectivity index (χ2n) is 4.60. The normalized spacial score (nSPS) is 11.4. The Kier molecular flexibility index (Phi) is 4.77. The molecule has 1 heterocycles. The van der Waals surface area contributed by atoms with Crippen molar-refractivity contribution in [3.05, 3.63) is 53.9 Å². The van der Waals surface area contributed by atoms with Crippen LogP contribution >= 0.6 is 0 Å². The number of benzene rings is 1. The van der Waals surface area contributed by atoms with Crippen LogP contribution in [0.25, 0.3) is 0 Å². The van der Waals surface area contributed by atoms with Gasteiger partial charge in [0.25, 0.3) is 0 Å². The quantitative estimate of drug-likeness (QED) is 0.546. The lowest BCUT2D eigenvalue weighted by atomic mass is 10.2. The molecular weight excluding hydrogens is 290 g/mol. The summed E-state index contributed by atoms with van der Waals surface area (Å²) in [6, 6.07) is 9.89. The van der Waals surface area contributed by atoms with Crippen LogP contribution in [0.5, 0.6) is 5.75 Å². The van der Waals surface area contributed by atoms with E-state index in [0.29, 0.717) is 17.7 Å². The van der Waals surface area contributed by atoms with E-state index >= 15 is 0 Å². The summed E-state index contributed by atoms with van der Waals surface area (Å²) in [5, 5.41) is 9.64.